The average Bonchev–Trinajstić information content (AvgIpc) is 2.56. The van der Waals surface area contributed by atoms with Crippen LogP contribution in [0.4, 0.5) is 0 Å². The van der Waals surface area contributed by atoms with Crippen molar-refractivity contribution in [2.75, 3.05) is 13.1 Å². The Kier molecular flexibility index (Phi) is 8.29. The highest BCUT2D eigenvalue weighted by Gasteiger charge is 2.29. The molecule has 1 atom stereocenters. The van der Waals surface area contributed by atoms with Crippen LogP contribution in [0.25, 0.3) is 0 Å². The summed E-state index contributed by atoms with van der Waals surface area (Å²) in [7, 11) is 0. The van der Waals surface area contributed by atoms with Gasteiger partial charge in [-0.1, -0.05) is 32.0 Å². The SMILES string of the molecule is CCN(CC(=O)NC(C)C)C(=O)C(NC(=O)c1ccccc1C)C(C)C. The van der Waals surface area contributed by atoms with Gasteiger partial charge >= 0.3 is 0 Å². The fourth-order valence-corrected chi connectivity index (χ4v) is 2.64. The zero-order valence-corrected chi connectivity index (χ0v) is 16.6. The van der Waals surface area contributed by atoms with Crippen molar-refractivity contribution in [3.63, 3.8) is 0 Å². The lowest BCUT2D eigenvalue weighted by atomic mass is 10.0. The number of benzene rings is 1. The lowest BCUT2D eigenvalue weighted by molar-refractivity contribution is -0.138. The molecular formula is C20H31N3O3. The van der Waals surface area contributed by atoms with Crippen LogP contribution < -0.4 is 10.6 Å². The molecule has 0 aliphatic rings. The Bertz CT molecular complexity index is 641. The van der Waals surface area contributed by atoms with Crippen molar-refractivity contribution in [2.45, 2.75) is 53.6 Å². The van der Waals surface area contributed by atoms with Gasteiger partial charge in [0, 0.05) is 18.2 Å². The fraction of sp³-hybridized carbons (Fsp3) is 0.550. The molecule has 0 aliphatic carbocycles. The maximum absolute atomic E-state index is 12.9. The third-order valence-electron chi connectivity index (χ3n) is 4.09. The summed E-state index contributed by atoms with van der Waals surface area (Å²) in [6.45, 7) is 11.6. The number of likely N-dealkylation sites (N-methyl/N-ethyl adjacent to an activating group) is 1. The minimum atomic E-state index is -0.686. The van der Waals surface area contributed by atoms with Gasteiger partial charge in [-0.3, -0.25) is 14.4 Å². The van der Waals surface area contributed by atoms with Crippen LogP contribution >= 0.6 is 0 Å². The number of hydrogen-bond acceptors (Lipinski definition) is 3. The Morgan fingerprint density at radius 3 is 2.15 bits per heavy atom. The predicted octanol–water partition coefficient (Wildman–Crippen LogP) is 2.12. The molecule has 0 aliphatic heterocycles. The van der Waals surface area contributed by atoms with E-state index in [4.69, 9.17) is 0 Å². The van der Waals surface area contributed by atoms with Gasteiger partial charge in [0.1, 0.15) is 6.04 Å². The van der Waals surface area contributed by atoms with Crippen molar-refractivity contribution in [1.29, 1.82) is 0 Å². The maximum Gasteiger partial charge on any atom is 0.252 e. The molecule has 6 nitrogen and oxygen atoms in total. The molecule has 0 spiro atoms. The molecule has 2 N–H and O–H groups in total. The highest BCUT2D eigenvalue weighted by Crippen LogP contribution is 2.11. The van der Waals surface area contributed by atoms with Crippen LogP contribution in [0.3, 0.4) is 0 Å². The summed E-state index contributed by atoms with van der Waals surface area (Å²) in [4.78, 5) is 39.0. The van der Waals surface area contributed by atoms with Gasteiger partial charge in [0.05, 0.1) is 6.54 Å². The zero-order chi connectivity index (χ0) is 19.9. The topological polar surface area (TPSA) is 78.5 Å². The average molecular weight is 361 g/mol. The van der Waals surface area contributed by atoms with Crippen LogP contribution in [0.15, 0.2) is 24.3 Å². The predicted molar refractivity (Wildman–Crippen MR) is 103 cm³/mol. The van der Waals surface area contributed by atoms with Gasteiger partial charge in [0.25, 0.3) is 5.91 Å². The molecule has 3 amide bonds. The molecule has 0 radical (unpaired) electrons. The zero-order valence-electron chi connectivity index (χ0n) is 16.6. The van der Waals surface area contributed by atoms with Gasteiger partial charge in [-0.05, 0) is 45.2 Å². The number of hydrogen-bond donors (Lipinski definition) is 2. The van der Waals surface area contributed by atoms with Crippen LogP contribution in [0, 0.1) is 12.8 Å². The largest absolute Gasteiger partial charge is 0.352 e. The van der Waals surface area contributed by atoms with Crippen molar-refractivity contribution in [1.82, 2.24) is 15.5 Å². The first-order valence-corrected chi connectivity index (χ1v) is 9.12. The second-order valence-electron chi connectivity index (χ2n) is 7.08. The van der Waals surface area contributed by atoms with E-state index in [1.807, 2.05) is 53.7 Å². The Morgan fingerprint density at radius 2 is 1.65 bits per heavy atom. The smallest absolute Gasteiger partial charge is 0.252 e. The molecule has 26 heavy (non-hydrogen) atoms. The molecule has 0 saturated carbocycles. The summed E-state index contributed by atoms with van der Waals surface area (Å²) >= 11 is 0. The molecule has 6 heteroatoms. The summed E-state index contributed by atoms with van der Waals surface area (Å²) in [5, 5.41) is 5.62. The van der Waals surface area contributed by atoms with Crippen LogP contribution in [0.2, 0.25) is 0 Å². The van der Waals surface area contributed by atoms with E-state index < -0.39 is 6.04 Å². The summed E-state index contributed by atoms with van der Waals surface area (Å²) < 4.78 is 0. The van der Waals surface area contributed by atoms with E-state index >= 15 is 0 Å². The second-order valence-corrected chi connectivity index (χ2v) is 7.08. The van der Waals surface area contributed by atoms with E-state index in [2.05, 4.69) is 10.6 Å². The van der Waals surface area contributed by atoms with Gasteiger partial charge < -0.3 is 15.5 Å². The fourth-order valence-electron chi connectivity index (χ4n) is 2.64. The molecule has 144 valence electrons. The first-order chi connectivity index (χ1) is 12.2. The van der Waals surface area contributed by atoms with Crippen LogP contribution in [0.1, 0.15) is 50.5 Å². The summed E-state index contributed by atoms with van der Waals surface area (Å²) in [6.07, 6.45) is 0. The molecule has 0 bridgehead atoms. The van der Waals surface area contributed by atoms with Gasteiger partial charge in [0.2, 0.25) is 11.8 Å². The number of carbonyl (C=O) groups is 3. The number of aryl methyl sites for hydroxylation is 1. The third kappa shape index (κ3) is 6.17. The van der Waals surface area contributed by atoms with Crippen LogP contribution in [0.5, 0.6) is 0 Å². The van der Waals surface area contributed by atoms with E-state index in [1.165, 1.54) is 4.90 Å². The number of amides is 3. The Labute approximate surface area is 156 Å². The molecule has 0 saturated heterocycles. The number of carbonyl (C=O) groups excluding carboxylic acids is 3. The highest BCUT2D eigenvalue weighted by molar-refractivity contribution is 5.99. The van der Waals surface area contributed by atoms with E-state index in [9.17, 15) is 14.4 Å². The second kappa shape index (κ2) is 9.94. The summed E-state index contributed by atoms with van der Waals surface area (Å²) in [5.41, 5.74) is 1.40. The molecule has 0 aromatic heterocycles. The van der Waals surface area contributed by atoms with Crippen LogP contribution in [-0.2, 0) is 9.59 Å². The minimum Gasteiger partial charge on any atom is -0.352 e. The minimum absolute atomic E-state index is 0.0120. The van der Waals surface area contributed by atoms with Crippen LogP contribution in [-0.4, -0.2) is 47.8 Å². The third-order valence-corrected chi connectivity index (χ3v) is 4.09. The Morgan fingerprint density at radius 1 is 1.04 bits per heavy atom. The maximum atomic E-state index is 12.9. The van der Waals surface area contributed by atoms with Crippen molar-refractivity contribution in [3.8, 4) is 0 Å². The van der Waals surface area contributed by atoms with E-state index in [1.54, 1.807) is 12.1 Å². The monoisotopic (exact) mass is 361 g/mol. The van der Waals surface area contributed by atoms with E-state index in [0.29, 0.717) is 12.1 Å². The molecule has 0 heterocycles. The van der Waals surface area contributed by atoms with E-state index in [-0.39, 0.29) is 36.2 Å². The van der Waals surface area contributed by atoms with Crippen molar-refractivity contribution >= 4 is 17.7 Å². The Balaban J connectivity index is 2.90. The standard InChI is InChI=1S/C20H31N3O3/c1-7-23(12-17(24)21-14(4)5)20(26)18(13(2)3)22-19(25)16-11-9-8-10-15(16)6/h8-11,13-14,18H,7,12H2,1-6H3,(H,21,24)(H,22,25). The quantitative estimate of drug-likeness (QED) is 0.744. The van der Waals surface area contributed by atoms with Gasteiger partial charge in [0.15, 0.2) is 0 Å². The molecule has 1 aromatic rings. The first-order valence-electron chi connectivity index (χ1n) is 9.12. The van der Waals surface area contributed by atoms with Gasteiger partial charge in [-0.2, -0.15) is 0 Å². The lowest BCUT2D eigenvalue weighted by Crippen LogP contribution is -2.53. The van der Waals surface area contributed by atoms with Crippen molar-refractivity contribution in [2.24, 2.45) is 5.92 Å². The van der Waals surface area contributed by atoms with Gasteiger partial charge in [-0.15, -0.1) is 0 Å². The van der Waals surface area contributed by atoms with Crippen molar-refractivity contribution < 1.29 is 14.4 Å². The Hall–Kier alpha value is -2.37. The normalized spacial score (nSPS) is 12.0. The molecule has 1 aromatic carbocycles. The van der Waals surface area contributed by atoms with Gasteiger partial charge in [-0.25, -0.2) is 0 Å². The molecular weight excluding hydrogens is 330 g/mol. The van der Waals surface area contributed by atoms with E-state index in [0.717, 1.165) is 5.56 Å². The number of nitrogens with zero attached hydrogens (tertiary/aromatic N) is 1. The van der Waals surface area contributed by atoms with Crippen molar-refractivity contribution in [3.05, 3.63) is 35.4 Å². The lowest BCUT2D eigenvalue weighted by Gasteiger charge is -2.29. The number of nitrogens with one attached hydrogen (secondary N) is 2. The molecule has 1 rings (SSSR count). The molecule has 0 fully saturated rings. The summed E-state index contributed by atoms with van der Waals surface area (Å²) in [5.74, 6) is -0.832. The first kappa shape index (κ1) is 21.7. The molecule has 1 unspecified atom stereocenters. The summed E-state index contributed by atoms with van der Waals surface area (Å²) in [6, 6.07) is 6.58. The number of rotatable bonds is 8. The highest BCUT2D eigenvalue weighted by atomic mass is 16.2.